The fourth-order valence-electron chi connectivity index (χ4n) is 3.53. The van der Waals surface area contributed by atoms with Crippen LogP contribution in [-0.4, -0.2) is 9.67 Å². The quantitative estimate of drug-likeness (QED) is 0.694. The van der Waals surface area contributed by atoms with E-state index in [9.17, 15) is 5.11 Å². The number of benzene rings is 1. The first-order valence-corrected chi connectivity index (χ1v) is 6.90. The molecule has 1 aromatic heterocycles. The third kappa shape index (κ3) is 1.55. The van der Waals surface area contributed by atoms with Gasteiger partial charge in [-0.3, -0.25) is 0 Å². The van der Waals surface area contributed by atoms with Crippen LogP contribution < -0.4 is 0 Å². The number of fused-ring (bicyclic) bond motifs is 3. The number of aromatic nitrogens is 1. The van der Waals surface area contributed by atoms with Crippen LogP contribution in [0.5, 0.6) is 5.75 Å². The second-order valence-electron chi connectivity index (χ2n) is 5.75. The monoisotopic (exact) mass is 243 g/mol. The van der Waals surface area contributed by atoms with Crippen LogP contribution in [0.4, 0.5) is 0 Å². The summed E-state index contributed by atoms with van der Waals surface area (Å²) < 4.78 is 2.21. The first-order chi connectivity index (χ1) is 8.59. The van der Waals surface area contributed by atoms with Crippen LogP contribution in [0.3, 0.4) is 0 Å². The van der Waals surface area contributed by atoms with Gasteiger partial charge in [0.2, 0.25) is 0 Å². The Kier molecular flexibility index (Phi) is 2.61. The summed E-state index contributed by atoms with van der Waals surface area (Å²) in [4.78, 5) is 0. The molecule has 0 saturated heterocycles. The fourth-order valence-corrected chi connectivity index (χ4v) is 3.53. The number of aryl methyl sites for hydroxylation is 2. The van der Waals surface area contributed by atoms with Gasteiger partial charge in [-0.2, -0.15) is 0 Å². The highest BCUT2D eigenvalue weighted by atomic mass is 16.3. The molecule has 3 rings (SSSR count). The van der Waals surface area contributed by atoms with E-state index in [4.69, 9.17) is 0 Å². The molecule has 1 aliphatic rings. The smallest absolute Gasteiger partial charge is 0.140 e. The van der Waals surface area contributed by atoms with Gasteiger partial charge in [-0.1, -0.05) is 13.3 Å². The maximum atomic E-state index is 10.2. The van der Waals surface area contributed by atoms with Crippen molar-refractivity contribution in [3.63, 3.8) is 0 Å². The van der Waals surface area contributed by atoms with Gasteiger partial charge in [0.05, 0.1) is 5.52 Å². The molecule has 0 spiro atoms. The van der Waals surface area contributed by atoms with Gasteiger partial charge in [0, 0.05) is 18.1 Å². The molecular weight excluding hydrogens is 222 g/mol. The minimum absolute atomic E-state index is 0.424. The first-order valence-electron chi connectivity index (χ1n) is 6.90. The zero-order valence-electron chi connectivity index (χ0n) is 11.5. The SMILES string of the molecule is Cc1cc(O)c2c(c1)c1c(n2C)CCCCC1C. The van der Waals surface area contributed by atoms with Crippen LogP contribution in [0.1, 0.15) is 48.9 Å². The molecule has 1 aliphatic carbocycles. The normalized spacial score (nSPS) is 19.8. The van der Waals surface area contributed by atoms with Crippen molar-refractivity contribution in [2.45, 2.75) is 45.4 Å². The molecule has 0 amide bonds. The lowest BCUT2D eigenvalue weighted by Crippen LogP contribution is -1.98. The topological polar surface area (TPSA) is 25.2 Å². The molecule has 0 fully saturated rings. The van der Waals surface area contributed by atoms with E-state index < -0.39 is 0 Å². The second kappa shape index (κ2) is 4.04. The average Bonchev–Trinajstić information content (AvgIpc) is 2.45. The molecule has 1 heterocycles. The lowest BCUT2D eigenvalue weighted by molar-refractivity contribution is 0.478. The molecule has 96 valence electrons. The maximum Gasteiger partial charge on any atom is 0.140 e. The molecule has 1 atom stereocenters. The highest BCUT2D eigenvalue weighted by Gasteiger charge is 2.23. The van der Waals surface area contributed by atoms with Crippen molar-refractivity contribution in [2.75, 3.05) is 0 Å². The van der Waals surface area contributed by atoms with Crippen LogP contribution in [0.15, 0.2) is 12.1 Å². The summed E-state index contributed by atoms with van der Waals surface area (Å²) in [5.41, 5.74) is 5.06. The van der Waals surface area contributed by atoms with Gasteiger partial charge in [0.15, 0.2) is 0 Å². The number of phenols is 1. The van der Waals surface area contributed by atoms with E-state index in [1.165, 1.54) is 35.9 Å². The molecule has 2 heteroatoms. The molecular formula is C16H21NO. The number of aromatic hydroxyl groups is 1. The summed E-state index contributed by atoms with van der Waals surface area (Å²) in [6.07, 6.45) is 4.99. The number of phenolic OH excluding ortho intramolecular Hbond substituents is 1. The van der Waals surface area contributed by atoms with Gasteiger partial charge in [-0.05, 0) is 55.4 Å². The number of hydrogen-bond acceptors (Lipinski definition) is 1. The summed E-state index contributed by atoms with van der Waals surface area (Å²) in [6.45, 7) is 4.38. The predicted molar refractivity (Wildman–Crippen MR) is 75.3 cm³/mol. The minimum Gasteiger partial charge on any atom is -0.506 e. The zero-order chi connectivity index (χ0) is 12.9. The van der Waals surface area contributed by atoms with Crippen molar-refractivity contribution in [1.82, 2.24) is 4.57 Å². The Bertz CT molecular complexity index is 609. The Morgan fingerprint density at radius 3 is 2.83 bits per heavy atom. The molecule has 2 aromatic rings. The van der Waals surface area contributed by atoms with Crippen LogP contribution in [0.2, 0.25) is 0 Å². The Labute approximate surface area is 108 Å². The van der Waals surface area contributed by atoms with Crippen molar-refractivity contribution < 1.29 is 5.11 Å². The second-order valence-corrected chi connectivity index (χ2v) is 5.75. The summed E-state index contributed by atoms with van der Waals surface area (Å²) in [5, 5.41) is 11.5. The van der Waals surface area contributed by atoms with Crippen LogP contribution in [-0.2, 0) is 13.5 Å². The van der Waals surface area contributed by atoms with Crippen molar-refractivity contribution in [3.05, 3.63) is 29.0 Å². The Morgan fingerprint density at radius 2 is 2.06 bits per heavy atom. The van der Waals surface area contributed by atoms with Gasteiger partial charge in [0.25, 0.3) is 0 Å². The van der Waals surface area contributed by atoms with E-state index in [1.807, 2.05) is 6.07 Å². The maximum absolute atomic E-state index is 10.2. The lowest BCUT2D eigenvalue weighted by Gasteiger charge is -2.09. The molecule has 1 N–H and O–H groups in total. The largest absolute Gasteiger partial charge is 0.506 e. The van der Waals surface area contributed by atoms with Gasteiger partial charge < -0.3 is 9.67 Å². The zero-order valence-corrected chi connectivity index (χ0v) is 11.5. The molecule has 0 saturated carbocycles. The molecule has 0 aliphatic heterocycles. The minimum atomic E-state index is 0.424. The summed E-state index contributed by atoms with van der Waals surface area (Å²) in [6, 6.07) is 4.10. The highest BCUT2D eigenvalue weighted by molar-refractivity contribution is 5.91. The molecule has 0 bridgehead atoms. The van der Waals surface area contributed by atoms with Gasteiger partial charge in [-0.15, -0.1) is 0 Å². The number of nitrogens with zero attached hydrogens (tertiary/aromatic N) is 1. The van der Waals surface area contributed by atoms with E-state index >= 15 is 0 Å². The Morgan fingerprint density at radius 1 is 1.28 bits per heavy atom. The van der Waals surface area contributed by atoms with Crippen molar-refractivity contribution >= 4 is 10.9 Å². The van der Waals surface area contributed by atoms with E-state index in [1.54, 1.807) is 0 Å². The first kappa shape index (κ1) is 11.6. The summed E-state index contributed by atoms with van der Waals surface area (Å²) in [7, 11) is 2.09. The van der Waals surface area contributed by atoms with E-state index in [2.05, 4.69) is 31.5 Å². The standard InChI is InChI=1S/C16H21NO/c1-10-8-12-15-11(2)6-4-5-7-13(15)17(3)16(12)14(18)9-10/h8-9,11,18H,4-7H2,1-3H3. The number of rotatable bonds is 0. The van der Waals surface area contributed by atoms with E-state index in [0.29, 0.717) is 11.7 Å². The summed E-state index contributed by atoms with van der Waals surface area (Å²) in [5.74, 6) is 1.03. The van der Waals surface area contributed by atoms with Crippen LogP contribution >= 0.6 is 0 Å². The average molecular weight is 243 g/mol. The molecule has 0 radical (unpaired) electrons. The molecule has 18 heavy (non-hydrogen) atoms. The van der Waals surface area contributed by atoms with E-state index in [-0.39, 0.29) is 0 Å². The van der Waals surface area contributed by atoms with Crippen molar-refractivity contribution in [2.24, 2.45) is 7.05 Å². The number of hydrogen-bond donors (Lipinski definition) is 1. The van der Waals surface area contributed by atoms with Gasteiger partial charge in [0.1, 0.15) is 5.75 Å². The van der Waals surface area contributed by atoms with Crippen molar-refractivity contribution in [3.8, 4) is 5.75 Å². The summed E-state index contributed by atoms with van der Waals surface area (Å²) >= 11 is 0. The third-order valence-electron chi connectivity index (χ3n) is 4.37. The van der Waals surface area contributed by atoms with Gasteiger partial charge >= 0.3 is 0 Å². The van der Waals surface area contributed by atoms with Crippen molar-refractivity contribution in [1.29, 1.82) is 0 Å². The lowest BCUT2D eigenvalue weighted by atomic mass is 9.95. The highest BCUT2D eigenvalue weighted by Crippen LogP contribution is 2.40. The predicted octanol–water partition coefficient (Wildman–Crippen LogP) is 4.02. The molecule has 2 nitrogen and oxygen atoms in total. The Balaban J connectivity index is 2.40. The Hall–Kier alpha value is -1.44. The van der Waals surface area contributed by atoms with Crippen LogP contribution in [0.25, 0.3) is 10.9 Å². The van der Waals surface area contributed by atoms with Crippen LogP contribution in [0, 0.1) is 6.92 Å². The fraction of sp³-hybridized carbons (Fsp3) is 0.500. The van der Waals surface area contributed by atoms with Gasteiger partial charge in [-0.25, -0.2) is 0 Å². The molecule has 1 aromatic carbocycles. The molecule has 1 unspecified atom stereocenters. The third-order valence-corrected chi connectivity index (χ3v) is 4.37. The van der Waals surface area contributed by atoms with E-state index in [0.717, 1.165) is 17.5 Å².